The fourth-order valence-corrected chi connectivity index (χ4v) is 2.61. The second-order valence-electron chi connectivity index (χ2n) is 6.70. The lowest BCUT2D eigenvalue weighted by Crippen LogP contribution is -2.45. The third-order valence-corrected chi connectivity index (χ3v) is 4.25. The molecule has 3 heteroatoms. The summed E-state index contributed by atoms with van der Waals surface area (Å²) in [6.45, 7) is 6.62. The van der Waals surface area contributed by atoms with E-state index in [-0.39, 0.29) is 0 Å². The van der Waals surface area contributed by atoms with Crippen LogP contribution in [0.5, 0.6) is 0 Å². The smallest absolute Gasteiger partial charge is 0.0772 e. The van der Waals surface area contributed by atoms with Gasteiger partial charge in [0.05, 0.1) is 5.60 Å². The van der Waals surface area contributed by atoms with Crippen molar-refractivity contribution in [1.29, 1.82) is 0 Å². The van der Waals surface area contributed by atoms with Crippen LogP contribution in [0.1, 0.15) is 65.2 Å². The highest BCUT2D eigenvalue weighted by Crippen LogP contribution is 2.39. The fraction of sp³-hybridized carbons (Fsp3) is 1.00. The first-order valence-corrected chi connectivity index (χ1v) is 7.51. The Morgan fingerprint density at radius 2 is 1.56 bits per heavy atom. The minimum absolute atomic E-state index is 0.308. The van der Waals surface area contributed by atoms with Crippen molar-refractivity contribution in [3.63, 3.8) is 0 Å². The highest BCUT2D eigenvalue weighted by molar-refractivity contribution is 4.90. The molecule has 3 nitrogen and oxygen atoms in total. The second-order valence-corrected chi connectivity index (χ2v) is 6.70. The van der Waals surface area contributed by atoms with Crippen LogP contribution in [0.2, 0.25) is 0 Å². The Balaban J connectivity index is 2.05. The van der Waals surface area contributed by atoms with E-state index in [1.807, 2.05) is 0 Å². The zero-order chi connectivity index (χ0) is 13.5. The topological polar surface area (TPSA) is 52.5 Å². The first-order chi connectivity index (χ1) is 8.47. The quantitative estimate of drug-likeness (QED) is 0.586. The van der Waals surface area contributed by atoms with Crippen molar-refractivity contribution in [2.24, 2.45) is 5.41 Å². The first-order valence-electron chi connectivity index (χ1n) is 7.51. The number of rotatable bonds is 8. The minimum atomic E-state index is -0.472. The lowest BCUT2D eigenvalue weighted by Gasteiger charge is -2.40. The van der Waals surface area contributed by atoms with E-state index in [0.29, 0.717) is 12.0 Å². The number of unbranched alkanes of at least 4 members (excludes halogenated alkanes) is 3. The lowest BCUT2D eigenvalue weighted by molar-refractivity contribution is -0.0242. The number of aliphatic hydroxyl groups is 2. The van der Waals surface area contributed by atoms with Crippen LogP contribution in [0, 0.1) is 5.41 Å². The van der Waals surface area contributed by atoms with Gasteiger partial charge < -0.3 is 15.5 Å². The third-order valence-electron chi connectivity index (χ3n) is 4.25. The van der Waals surface area contributed by atoms with Gasteiger partial charge in [0.25, 0.3) is 0 Å². The predicted molar refractivity (Wildman–Crippen MR) is 75.6 cm³/mol. The molecule has 0 unspecified atom stereocenters. The molecule has 1 fully saturated rings. The van der Waals surface area contributed by atoms with Gasteiger partial charge in [-0.25, -0.2) is 0 Å². The van der Waals surface area contributed by atoms with Crippen molar-refractivity contribution in [2.75, 3.05) is 19.7 Å². The summed E-state index contributed by atoms with van der Waals surface area (Å²) in [5, 5.41) is 22.5. The zero-order valence-corrected chi connectivity index (χ0v) is 12.2. The Bertz CT molecular complexity index is 219. The van der Waals surface area contributed by atoms with Crippen molar-refractivity contribution in [2.45, 2.75) is 70.8 Å². The molecule has 1 rings (SSSR count). The average molecular weight is 257 g/mol. The first kappa shape index (κ1) is 15.9. The zero-order valence-electron chi connectivity index (χ0n) is 12.2. The predicted octanol–water partition coefficient (Wildman–Crippen LogP) is 2.46. The van der Waals surface area contributed by atoms with Crippen molar-refractivity contribution >= 4 is 0 Å². The molecule has 18 heavy (non-hydrogen) atoms. The van der Waals surface area contributed by atoms with Gasteiger partial charge in [-0.1, -0.05) is 26.7 Å². The summed E-state index contributed by atoms with van der Waals surface area (Å²) >= 11 is 0. The maximum atomic E-state index is 10.4. The average Bonchev–Trinajstić information content (AvgIpc) is 2.33. The van der Waals surface area contributed by atoms with E-state index in [1.54, 1.807) is 0 Å². The Kier molecular flexibility index (Phi) is 6.61. The van der Waals surface area contributed by atoms with Crippen LogP contribution in [0.25, 0.3) is 0 Å². The Morgan fingerprint density at radius 3 is 2.17 bits per heavy atom. The largest absolute Gasteiger partial charge is 0.396 e. The molecular formula is C15H31NO2. The van der Waals surface area contributed by atoms with Gasteiger partial charge in [0.15, 0.2) is 0 Å². The van der Waals surface area contributed by atoms with Crippen LogP contribution >= 0.6 is 0 Å². The normalized spacial score (nSPS) is 22.0. The van der Waals surface area contributed by atoms with Crippen LogP contribution in [0.4, 0.5) is 0 Å². The van der Waals surface area contributed by atoms with E-state index in [4.69, 9.17) is 5.11 Å². The van der Waals surface area contributed by atoms with Crippen LogP contribution < -0.4 is 5.32 Å². The molecule has 0 aromatic rings. The van der Waals surface area contributed by atoms with Gasteiger partial charge in [0, 0.05) is 13.2 Å². The number of nitrogens with one attached hydrogen (secondary N) is 1. The van der Waals surface area contributed by atoms with E-state index in [9.17, 15) is 5.11 Å². The summed E-state index contributed by atoms with van der Waals surface area (Å²) in [5.74, 6) is 0. The lowest BCUT2D eigenvalue weighted by atomic mass is 9.71. The molecule has 108 valence electrons. The molecule has 3 N–H and O–H groups in total. The molecule has 0 bridgehead atoms. The van der Waals surface area contributed by atoms with Gasteiger partial charge in [-0.3, -0.25) is 0 Å². The molecule has 0 amide bonds. The summed E-state index contributed by atoms with van der Waals surface area (Å²) in [7, 11) is 0. The van der Waals surface area contributed by atoms with Crippen LogP contribution in [-0.2, 0) is 0 Å². The van der Waals surface area contributed by atoms with Crippen molar-refractivity contribution in [3.8, 4) is 0 Å². The van der Waals surface area contributed by atoms with Crippen molar-refractivity contribution in [3.05, 3.63) is 0 Å². The fourth-order valence-electron chi connectivity index (χ4n) is 2.61. The highest BCUT2D eigenvalue weighted by atomic mass is 16.3. The number of hydrogen-bond acceptors (Lipinski definition) is 3. The van der Waals surface area contributed by atoms with Crippen LogP contribution in [0.15, 0.2) is 0 Å². The molecule has 0 radical (unpaired) electrons. The number of hydrogen-bond donors (Lipinski definition) is 3. The molecular weight excluding hydrogens is 226 g/mol. The van der Waals surface area contributed by atoms with E-state index < -0.39 is 5.60 Å². The third kappa shape index (κ3) is 6.17. The van der Waals surface area contributed by atoms with Crippen molar-refractivity contribution in [1.82, 2.24) is 5.32 Å². The Morgan fingerprint density at radius 1 is 0.944 bits per heavy atom. The molecule has 0 aromatic carbocycles. The summed E-state index contributed by atoms with van der Waals surface area (Å²) in [4.78, 5) is 0. The van der Waals surface area contributed by atoms with E-state index in [1.165, 1.54) is 6.42 Å². The molecule has 0 spiro atoms. The minimum Gasteiger partial charge on any atom is -0.396 e. The monoisotopic (exact) mass is 257 g/mol. The summed E-state index contributed by atoms with van der Waals surface area (Å²) in [6.07, 6.45) is 8.44. The van der Waals surface area contributed by atoms with Gasteiger partial charge in [0.1, 0.15) is 0 Å². The summed E-state index contributed by atoms with van der Waals surface area (Å²) in [5.41, 5.74) is -0.0584. The molecule has 0 saturated heterocycles. The van der Waals surface area contributed by atoms with Gasteiger partial charge in [-0.05, 0) is 50.5 Å². The van der Waals surface area contributed by atoms with Crippen molar-refractivity contribution < 1.29 is 10.2 Å². The Labute approximate surface area is 112 Å². The van der Waals surface area contributed by atoms with E-state index >= 15 is 0 Å². The van der Waals surface area contributed by atoms with Crippen LogP contribution in [0.3, 0.4) is 0 Å². The maximum Gasteiger partial charge on any atom is 0.0772 e. The molecule has 1 saturated carbocycles. The number of aliphatic hydroxyl groups excluding tert-OH is 1. The van der Waals surface area contributed by atoms with E-state index in [2.05, 4.69) is 19.2 Å². The Hall–Kier alpha value is -0.120. The summed E-state index contributed by atoms with van der Waals surface area (Å²) < 4.78 is 0. The van der Waals surface area contributed by atoms with E-state index in [0.717, 1.165) is 58.0 Å². The standard InChI is InChI=1S/C15H31NO2/c1-14(2)7-9-15(18,10-8-14)13-16-11-5-3-4-6-12-17/h16-18H,3-13H2,1-2H3. The molecule has 0 aliphatic heterocycles. The second kappa shape index (κ2) is 7.46. The molecule has 0 atom stereocenters. The SMILES string of the molecule is CC1(C)CCC(O)(CNCCCCCCO)CC1. The van der Waals surface area contributed by atoms with Crippen LogP contribution in [-0.4, -0.2) is 35.5 Å². The molecule has 0 heterocycles. The van der Waals surface area contributed by atoms with Gasteiger partial charge in [-0.2, -0.15) is 0 Å². The molecule has 1 aliphatic carbocycles. The molecule has 1 aliphatic rings. The van der Waals surface area contributed by atoms with Gasteiger partial charge in [0.2, 0.25) is 0 Å². The highest BCUT2D eigenvalue weighted by Gasteiger charge is 2.36. The molecule has 0 aromatic heterocycles. The maximum absolute atomic E-state index is 10.4. The summed E-state index contributed by atoms with van der Waals surface area (Å²) in [6, 6.07) is 0. The van der Waals surface area contributed by atoms with Gasteiger partial charge >= 0.3 is 0 Å². The van der Waals surface area contributed by atoms with Gasteiger partial charge in [-0.15, -0.1) is 0 Å².